The summed E-state index contributed by atoms with van der Waals surface area (Å²) < 4.78 is 5.13. The molecule has 0 bridgehead atoms. The average molecular weight is 208 g/mol. The number of carbonyl (C=O) groups is 1. The van der Waals surface area contributed by atoms with Crippen molar-refractivity contribution < 1.29 is 9.53 Å². The molecule has 15 heavy (non-hydrogen) atoms. The Hall–Kier alpha value is -1.71. The van der Waals surface area contributed by atoms with Crippen molar-refractivity contribution in [3.8, 4) is 5.75 Å². The molecule has 1 rings (SSSR count). The van der Waals surface area contributed by atoms with E-state index in [2.05, 4.69) is 5.32 Å². The van der Waals surface area contributed by atoms with Crippen LogP contribution in [0.2, 0.25) is 0 Å². The van der Waals surface area contributed by atoms with Crippen molar-refractivity contribution in [2.75, 3.05) is 31.4 Å². The molecule has 4 heteroatoms. The van der Waals surface area contributed by atoms with E-state index in [-0.39, 0.29) is 5.91 Å². The highest BCUT2D eigenvalue weighted by Crippen LogP contribution is 2.28. The van der Waals surface area contributed by atoms with E-state index in [4.69, 9.17) is 4.74 Å². The third-order valence-electron chi connectivity index (χ3n) is 2.00. The molecular formula is C11H16N2O2. The zero-order valence-electron chi connectivity index (χ0n) is 9.50. The van der Waals surface area contributed by atoms with E-state index in [0.29, 0.717) is 0 Å². The Morgan fingerprint density at radius 1 is 1.40 bits per heavy atom. The van der Waals surface area contributed by atoms with Crippen LogP contribution in [0.25, 0.3) is 0 Å². The lowest BCUT2D eigenvalue weighted by molar-refractivity contribution is -0.114. The van der Waals surface area contributed by atoms with Crippen LogP contribution in [0.4, 0.5) is 11.4 Å². The molecular weight excluding hydrogens is 192 g/mol. The van der Waals surface area contributed by atoms with Crippen molar-refractivity contribution in [1.82, 2.24) is 0 Å². The molecule has 0 spiro atoms. The Morgan fingerprint density at radius 3 is 2.53 bits per heavy atom. The monoisotopic (exact) mass is 208 g/mol. The van der Waals surface area contributed by atoms with E-state index >= 15 is 0 Å². The second-order valence-corrected chi connectivity index (χ2v) is 3.46. The fraction of sp³-hybridized carbons (Fsp3) is 0.364. The minimum absolute atomic E-state index is 0.0803. The molecule has 0 saturated carbocycles. The van der Waals surface area contributed by atoms with Crippen molar-refractivity contribution in [2.24, 2.45) is 0 Å². The number of nitrogens with one attached hydrogen (secondary N) is 1. The van der Waals surface area contributed by atoms with Crippen molar-refractivity contribution in [2.45, 2.75) is 6.92 Å². The number of rotatable bonds is 3. The van der Waals surface area contributed by atoms with E-state index in [0.717, 1.165) is 17.1 Å². The van der Waals surface area contributed by atoms with Gasteiger partial charge in [-0.2, -0.15) is 0 Å². The third-order valence-corrected chi connectivity index (χ3v) is 2.00. The SMILES string of the molecule is COc1ccc(NC(C)=O)c(N(C)C)c1. The standard InChI is InChI=1S/C11H16N2O2/c1-8(14)12-10-6-5-9(15-4)7-11(10)13(2)3/h5-7H,1-4H3,(H,12,14). The molecule has 0 fully saturated rings. The maximum absolute atomic E-state index is 11.0. The maximum atomic E-state index is 11.0. The molecule has 4 nitrogen and oxygen atoms in total. The van der Waals surface area contributed by atoms with E-state index in [1.54, 1.807) is 7.11 Å². The van der Waals surface area contributed by atoms with Crippen LogP contribution in [0.3, 0.4) is 0 Å². The molecule has 1 N–H and O–H groups in total. The first-order chi connectivity index (χ1) is 7.04. The number of anilines is 2. The summed E-state index contributed by atoms with van der Waals surface area (Å²) in [5.41, 5.74) is 1.71. The Bertz CT molecular complexity index is 362. The summed E-state index contributed by atoms with van der Waals surface area (Å²) in [6.45, 7) is 1.49. The van der Waals surface area contributed by atoms with Gasteiger partial charge >= 0.3 is 0 Å². The fourth-order valence-corrected chi connectivity index (χ4v) is 1.30. The largest absolute Gasteiger partial charge is 0.497 e. The topological polar surface area (TPSA) is 41.6 Å². The van der Waals surface area contributed by atoms with Crippen LogP contribution in [0.1, 0.15) is 6.92 Å². The number of carbonyl (C=O) groups excluding carboxylic acids is 1. The fourth-order valence-electron chi connectivity index (χ4n) is 1.30. The van der Waals surface area contributed by atoms with Gasteiger partial charge in [-0.05, 0) is 12.1 Å². The van der Waals surface area contributed by atoms with Gasteiger partial charge < -0.3 is 15.0 Å². The maximum Gasteiger partial charge on any atom is 0.221 e. The van der Waals surface area contributed by atoms with Crippen molar-refractivity contribution >= 4 is 17.3 Å². The van der Waals surface area contributed by atoms with Gasteiger partial charge in [0.25, 0.3) is 0 Å². The number of methoxy groups -OCH3 is 1. The molecule has 0 aliphatic heterocycles. The van der Waals surface area contributed by atoms with Crippen molar-refractivity contribution in [1.29, 1.82) is 0 Å². The van der Waals surface area contributed by atoms with Crippen LogP contribution in [-0.2, 0) is 4.79 Å². The molecule has 0 unspecified atom stereocenters. The summed E-state index contributed by atoms with van der Waals surface area (Å²) in [4.78, 5) is 12.9. The molecule has 1 amide bonds. The molecule has 0 aliphatic carbocycles. The molecule has 0 aromatic heterocycles. The number of nitrogens with zero attached hydrogens (tertiary/aromatic N) is 1. The summed E-state index contributed by atoms with van der Waals surface area (Å²) in [6.07, 6.45) is 0. The van der Waals surface area contributed by atoms with Gasteiger partial charge in [-0.25, -0.2) is 0 Å². The Labute approximate surface area is 89.8 Å². The van der Waals surface area contributed by atoms with E-state index < -0.39 is 0 Å². The first kappa shape index (κ1) is 11.4. The van der Waals surface area contributed by atoms with Crippen molar-refractivity contribution in [3.05, 3.63) is 18.2 Å². The highest BCUT2D eigenvalue weighted by atomic mass is 16.5. The molecule has 0 heterocycles. The Balaban J connectivity index is 3.09. The Morgan fingerprint density at radius 2 is 2.07 bits per heavy atom. The number of hydrogen-bond acceptors (Lipinski definition) is 3. The van der Waals surface area contributed by atoms with Gasteiger partial charge in [0.05, 0.1) is 18.5 Å². The molecule has 82 valence electrons. The first-order valence-electron chi connectivity index (χ1n) is 4.67. The van der Waals surface area contributed by atoms with Crippen LogP contribution in [0.15, 0.2) is 18.2 Å². The first-order valence-corrected chi connectivity index (χ1v) is 4.67. The predicted octanol–water partition coefficient (Wildman–Crippen LogP) is 1.72. The van der Waals surface area contributed by atoms with Gasteiger partial charge in [0.1, 0.15) is 5.75 Å². The predicted molar refractivity (Wildman–Crippen MR) is 61.6 cm³/mol. The number of amides is 1. The summed E-state index contributed by atoms with van der Waals surface area (Å²) >= 11 is 0. The summed E-state index contributed by atoms with van der Waals surface area (Å²) in [5.74, 6) is 0.691. The molecule has 0 aliphatic rings. The Kier molecular flexibility index (Phi) is 3.55. The quantitative estimate of drug-likeness (QED) is 0.822. The molecule has 1 aromatic carbocycles. The van der Waals surface area contributed by atoms with Gasteiger partial charge in [0.2, 0.25) is 5.91 Å². The molecule has 0 atom stereocenters. The zero-order valence-corrected chi connectivity index (χ0v) is 9.50. The highest BCUT2D eigenvalue weighted by molar-refractivity contribution is 5.93. The summed E-state index contributed by atoms with van der Waals surface area (Å²) in [5, 5.41) is 2.77. The van der Waals surface area contributed by atoms with Gasteiger partial charge in [0.15, 0.2) is 0 Å². The van der Waals surface area contributed by atoms with Crippen LogP contribution in [0, 0.1) is 0 Å². The smallest absolute Gasteiger partial charge is 0.221 e. The third kappa shape index (κ3) is 2.87. The lowest BCUT2D eigenvalue weighted by Crippen LogP contribution is -2.14. The second-order valence-electron chi connectivity index (χ2n) is 3.46. The summed E-state index contributed by atoms with van der Waals surface area (Å²) in [7, 11) is 5.45. The van der Waals surface area contributed by atoms with Gasteiger partial charge in [-0.3, -0.25) is 4.79 Å². The van der Waals surface area contributed by atoms with Crippen LogP contribution in [0.5, 0.6) is 5.75 Å². The van der Waals surface area contributed by atoms with Gasteiger partial charge in [-0.1, -0.05) is 0 Å². The van der Waals surface area contributed by atoms with Crippen LogP contribution >= 0.6 is 0 Å². The highest BCUT2D eigenvalue weighted by Gasteiger charge is 2.07. The van der Waals surface area contributed by atoms with Gasteiger partial charge in [0, 0.05) is 27.1 Å². The normalized spacial score (nSPS) is 9.60. The van der Waals surface area contributed by atoms with E-state index in [1.165, 1.54) is 6.92 Å². The number of benzene rings is 1. The minimum atomic E-state index is -0.0803. The summed E-state index contributed by atoms with van der Waals surface area (Å²) in [6, 6.07) is 5.53. The lowest BCUT2D eigenvalue weighted by atomic mass is 10.2. The number of ether oxygens (including phenoxy) is 1. The molecule has 0 saturated heterocycles. The zero-order chi connectivity index (χ0) is 11.4. The van der Waals surface area contributed by atoms with Crippen LogP contribution < -0.4 is 15.0 Å². The molecule has 1 aromatic rings. The van der Waals surface area contributed by atoms with E-state index in [9.17, 15) is 4.79 Å². The van der Waals surface area contributed by atoms with Gasteiger partial charge in [-0.15, -0.1) is 0 Å². The second kappa shape index (κ2) is 4.68. The van der Waals surface area contributed by atoms with E-state index in [1.807, 2.05) is 37.2 Å². The van der Waals surface area contributed by atoms with Crippen molar-refractivity contribution in [3.63, 3.8) is 0 Å². The minimum Gasteiger partial charge on any atom is -0.497 e. The number of hydrogen-bond donors (Lipinski definition) is 1. The molecule has 0 radical (unpaired) electrons. The lowest BCUT2D eigenvalue weighted by Gasteiger charge is -2.18. The van der Waals surface area contributed by atoms with Crippen LogP contribution in [-0.4, -0.2) is 27.1 Å². The average Bonchev–Trinajstić information content (AvgIpc) is 2.17.